The van der Waals surface area contributed by atoms with E-state index < -0.39 is 0 Å². The van der Waals surface area contributed by atoms with Crippen molar-refractivity contribution in [2.45, 2.75) is 58.8 Å². The van der Waals surface area contributed by atoms with Crippen molar-refractivity contribution in [3.8, 4) is 11.1 Å². The van der Waals surface area contributed by atoms with Gasteiger partial charge in [-0.1, -0.05) is 80.5 Å². The first kappa shape index (κ1) is 17.7. The molecule has 2 aromatic carbocycles. The van der Waals surface area contributed by atoms with E-state index in [1.165, 1.54) is 65.5 Å². The van der Waals surface area contributed by atoms with E-state index in [1.54, 1.807) is 0 Å². The smallest absolute Gasteiger partial charge is 0.00764 e. The SMILES string of the molecule is C/C=C/CCc1cc(C=CCCCC)c2c(c1)CCc1ccccc1-2. The molecule has 0 nitrogen and oxygen atoms in total. The zero-order chi connectivity index (χ0) is 17.5. The number of unbranched alkanes of at least 4 members (excludes halogenated alkanes) is 2. The lowest BCUT2D eigenvalue weighted by molar-refractivity contribution is 0.816. The summed E-state index contributed by atoms with van der Waals surface area (Å²) in [5.74, 6) is 0. The van der Waals surface area contributed by atoms with Crippen molar-refractivity contribution in [3.63, 3.8) is 0 Å². The Labute approximate surface area is 153 Å². The predicted molar refractivity (Wildman–Crippen MR) is 111 cm³/mol. The lowest BCUT2D eigenvalue weighted by atomic mass is 9.81. The van der Waals surface area contributed by atoms with E-state index in [0.717, 1.165) is 12.8 Å². The molecule has 0 spiro atoms. The Morgan fingerprint density at radius 2 is 1.80 bits per heavy atom. The number of aryl methyl sites for hydroxylation is 3. The average molecular weight is 331 g/mol. The van der Waals surface area contributed by atoms with Crippen LogP contribution in [-0.4, -0.2) is 0 Å². The van der Waals surface area contributed by atoms with Crippen molar-refractivity contribution in [3.05, 3.63) is 76.9 Å². The van der Waals surface area contributed by atoms with Crippen molar-refractivity contribution in [2.75, 3.05) is 0 Å². The summed E-state index contributed by atoms with van der Waals surface area (Å²) in [5, 5.41) is 0. The van der Waals surface area contributed by atoms with Crippen molar-refractivity contribution in [1.29, 1.82) is 0 Å². The number of benzene rings is 2. The molecule has 3 rings (SSSR count). The summed E-state index contributed by atoms with van der Waals surface area (Å²) in [4.78, 5) is 0. The molecule has 1 aliphatic rings. The predicted octanol–water partition coefficient (Wildman–Crippen LogP) is 7.16. The Bertz CT molecular complexity index is 762. The highest BCUT2D eigenvalue weighted by atomic mass is 14.2. The molecule has 0 N–H and O–H groups in total. The van der Waals surface area contributed by atoms with Crippen LogP contribution in [-0.2, 0) is 19.3 Å². The van der Waals surface area contributed by atoms with Gasteiger partial charge >= 0.3 is 0 Å². The third kappa shape index (κ3) is 4.31. The third-order valence-corrected chi connectivity index (χ3v) is 5.12. The van der Waals surface area contributed by atoms with Gasteiger partial charge in [0.15, 0.2) is 0 Å². The monoisotopic (exact) mass is 330 g/mol. The van der Waals surface area contributed by atoms with Gasteiger partial charge in [0.05, 0.1) is 0 Å². The Morgan fingerprint density at radius 3 is 2.64 bits per heavy atom. The van der Waals surface area contributed by atoms with Crippen LogP contribution in [0.4, 0.5) is 0 Å². The summed E-state index contributed by atoms with van der Waals surface area (Å²) in [6, 6.07) is 13.8. The van der Waals surface area contributed by atoms with Gasteiger partial charge in [-0.05, 0) is 72.4 Å². The third-order valence-electron chi connectivity index (χ3n) is 5.12. The molecule has 0 fully saturated rings. The van der Waals surface area contributed by atoms with Gasteiger partial charge in [0.1, 0.15) is 0 Å². The molecule has 0 atom stereocenters. The second-order valence-electron chi connectivity index (χ2n) is 7.03. The molecule has 1 aliphatic carbocycles. The molecule has 0 saturated heterocycles. The molecule has 0 aromatic heterocycles. The number of rotatable bonds is 7. The normalized spacial score (nSPS) is 13.4. The van der Waals surface area contributed by atoms with Crippen LogP contribution >= 0.6 is 0 Å². The van der Waals surface area contributed by atoms with Crippen LogP contribution in [0.25, 0.3) is 17.2 Å². The van der Waals surface area contributed by atoms with Crippen molar-refractivity contribution >= 4 is 6.08 Å². The summed E-state index contributed by atoms with van der Waals surface area (Å²) in [6.07, 6.45) is 17.5. The summed E-state index contributed by atoms with van der Waals surface area (Å²) in [7, 11) is 0. The molecule has 0 heterocycles. The summed E-state index contributed by atoms with van der Waals surface area (Å²) >= 11 is 0. The van der Waals surface area contributed by atoms with E-state index in [0.29, 0.717) is 0 Å². The van der Waals surface area contributed by atoms with Gasteiger partial charge in [0, 0.05) is 0 Å². The number of fused-ring (bicyclic) bond motifs is 3. The van der Waals surface area contributed by atoms with E-state index >= 15 is 0 Å². The lowest BCUT2D eigenvalue weighted by Gasteiger charge is -2.23. The van der Waals surface area contributed by atoms with Gasteiger partial charge in [-0.15, -0.1) is 0 Å². The van der Waals surface area contributed by atoms with Crippen molar-refractivity contribution in [1.82, 2.24) is 0 Å². The molecule has 0 radical (unpaired) electrons. The minimum absolute atomic E-state index is 1.13. The topological polar surface area (TPSA) is 0 Å². The average Bonchev–Trinajstić information content (AvgIpc) is 2.65. The fourth-order valence-corrected chi connectivity index (χ4v) is 3.80. The number of allylic oxidation sites excluding steroid dienone is 3. The molecule has 0 heteroatoms. The molecular formula is C25H30. The van der Waals surface area contributed by atoms with E-state index in [2.05, 4.69) is 74.5 Å². The molecule has 130 valence electrons. The maximum Gasteiger partial charge on any atom is -0.00764 e. The second-order valence-corrected chi connectivity index (χ2v) is 7.03. The number of hydrogen-bond donors (Lipinski definition) is 0. The molecule has 0 amide bonds. The first-order valence-corrected chi connectivity index (χ1v) is 9.85. The molecule has 0 bridgehead atoms. The van der Waals surface area contributed by atoms with Crippen molar-refractivity contribution in [2.24, 2.45) is 0 Å². The van der Waals surface area contributed by atoms with Gasteiger partial charge in [-0.25, -0.2) is 0 Å². The Hall–Kier alpha value is -2.08. The molecule has 0 aliphatic heterocycles. The van der Waals surface area contributed by atoms with Gasteiger partial charge < -0.3 is 0 Å². The quantitative estimate of drug-likeness (QED) is 0.373. The summed E-state index contributed by atoms with van der Waals surface area (Å²) < 4.78 is 0. The molecule has 0 unspecified atom stereocenters. The van der Waals surface area contributed by atoms with Crippen molar-refractivity contribution < 1.29 is 0 Å². The van der Waals surface area contributed by atoms with Gasteiger partial charge in [0.25, 0.3) is 0 Å². The zero-order valence-corrected chi connectivity index (χ0v) is 15.7. The summed E-state index contributed by atoms with van der Waals surface area (Å²) in [6.45, 7) is 4.36. The van der Waals surface area contributed by atoms with Crippen LogP contribution in [0.15, 0.2) is 54.6 Å². The van der Waals surface area contributed by atoms with Crippen LogP contribution in [0, 0.1) is 0 Å². The fourth-order valence-electron chi connectivity index (χ4n) is 3.80. The molecular weight excluding hydrogens is 300 g/mol. The second kappa shape index (κ2) is 8.85. The fraction of sp³-hybridized carbons (Fsp3) is 0.360. The van der Waals surface area contributed by atoms with Crippen LogP contribution in [0.3, 0.4) is 0 Å². The van der Waals surface area contributed by atoms with Gasteiger partial charge in [-0.3, -0.25) is 0 Å². The largest absolute Gasteiger partial charge is 0.0917 e. The standard InChI is InChI=1S/C25H30/c1-3-5-7-9-14-22-18-20(12-8-6-4-2)19-23-17-16-21-13-10-11-15-24(21)25(22)23/h4,6,9-11,13-15,18-19H,3,5,7-8,12,16-17H2,1-2H3/b6-4+,14-9?. The molecule has 25 heavy (non-hydrogen) atoms. The lowest BCUT2D eigenvalue weighted by Crippen LogP contribution is -2.06. The Kier molecular flexibility index (Phi) is 6.28. The van der Waals surface area contributed by atoms with E-state index in [9.17, 15) is 0 Å². The van der Waals surface area contributed by atoms with Crippen LogP contribution in [0.5, 0.6) is 0 Å². The number of hydrogen-bond acceptors (Lipinski definition) is 0. The highest BCUT2D eigenvalue weighted by Gasteiger charge is 2.18. The van der Waals surface area contributed by atoms with Gasteiger partial charge in [-0.2, -0.15) is 0 Å². The van der Waals surface area contributed by atoms with E-state index in [1.807, 2.05) is 0 Å². The Morgan fingerprint density at radius 1 is 0.960 bits per heavy atom. The molecule has 0 saturated carbocycles. The van der Waals surface area contributed by atoms with Crippen LogP contribution in [0.1, 0.15) is 61.8 Å². The minimum atomic E-state index is 1.13. The molecule has 2 aromatic rings. The maximum absolute atomic E-state index is 2.46. The van der Waals surface area contributed by atoms with Crippen LogP contribution < -0.4 is 0 Å². The first-order chi connectivity index (χ1) is 12.3. The highest BCUT2D eigenvalue weighted by Crippen LogP contribution is 2.37. The zero-order valence-electron chi connectivity index (χ0n) is 15.7. The minimum Gasteiger partial charge on any atom is -0.0917 e. The van der Waals surface area contributed by atoms with E-state index in [4.69, 9.17) is 0 Å². The first-order valence-electron chi connectivity index (χ1n) is 9.85. The summed E-state index contributed by atoms with van der Waals surface area (Å²) in [5.41, 5.74) is 8.84. The maximum atomic E-state index is 2.46. The van der Waals surface area contributed by atoms with Crippen LogP contribution in [0.2, 0.25) is 0 Å². The van der Waals surface area contributed by atoms with Gasteiger partial charge in [0.2, 0.25) is 0 Å². The Balaban J connectivity index is 2.00. The highest BCUT2D eigenvalue weighted by molar-refractivity contribution is 5.82. The van der Waals surface area contributed by atoms with E-state index in [-0.39, 0.29) is 0 Å².